The molecule has 8 nitrogen and oxygen atoms in total. The van der Waals surface area contributed by atoms with Gasteiger partial charge in [0, 0.05) is 31.7 Å². The first kappa shape index (κ1) is 17.7. The van der Waals surface area contributed by atoms with E-state index in [1.165, 1.54) is 6.33 Å². The minimum absolute atomic E-state index is 0.190. The van der Waals surface area contributed by atoms with Gasteiger partial charge in [0.1, 0.15) is 17.8 Å². The zero-order valence-electron chi connectivity index (χ0n) is 13.8. The van der Waals surface area contributed by atoms with E-state index >= 15 is 0 Å². The predicted molar refractivity (Wildman–Crippen MR) is 89.8 cm³/mol. The molecule has 0 bridgehead atoms. The lowest BCUT2D eigenvalue weighted by Gasteiger charge is -2.31. The molecular formula is C16H23N5O3. The Balaban J connectivity index is 1.87. The van der Waals surface area contributed by atoms with E-state index in [1.54, 1.807) is 24.0 Å². The third kappa shape index (κ3) is 4.94. The molecule has 2 heterocycles. The van der Waals surface area contributed by atoms with Crippen LogP contribution in [0.2, 0.25) is 0 Å². The Hall–Kier alpha value is -2.64. The van der Waals surface area contributed by atoms with E-state index < -0.39 is 0 Å². The molecule has 1 fully saturated rings. The normalized spacial score (nSPS) is 14.8. The number of hydrogen-bond acceptors (Lipinski definition) is 6. The van der Waals surface area contributed by atoms with Gasteiger partial charge in [0.25, 0.3) is 5.91 Å². The van der Waals surface area contributed by atoms with Gasteiger partial charge in [-0.15, -0.1) is 6.58 Å². The van der Waals surface area contributed by atoms with Crippen molar-refractivity contribution in [2.45, 2.75) is 25.8 Å². The second kappa shape index (κ2) is 8.85. The van der Waals surface area contributed by atoms with E-state index in [-0.39, 0.29) is 18.0 Å². The summed E-state index contributed by atoms with van der Waals surface area (Å²) >= 11 is 0. The number of anilines is 1. The first-order valence-corrected chi connectivity index (χ1v) is 8.03. The van der Waals surface area contributed by atoms with Gasteiger partial charge in [0.2, 0.25) is 0 Å². The minimum Gasteiger partial charge on any atom is -0.450 e. The zero-order chi connectivity index (χ0) is 17.4. The van der Waals surface area contributed by atoms with Crippen LogP contribution in [0, 0.1) is 0 Å². The SMILES string of the molecule is C=CCNC(=O)c1cc(NC2CCN(C(=O)OCC)CC2)ncn1. The largest absolute Gasteiger partial charge is 0.450 e. The summed E-state index contributed by atoms with van der Waals surface area (Å²) in [7, 11) is 0. The fraction of sp³-hybridized carbons (Fsp3) is 0.500. The fourth-order valence-electron chi connectivity index (χ4n) is 2.45. The van der Waals surface area contributed by atoms with Crippen LogP contribution in [-0.2, 0) is 4.74 Å². The molecule has 1 aliphatic rings. The summed E-state index contributed by atoms with van der Waals surface area (Å²) in [5.74, 6) is 0.334. The molecule has 0 radical (unpaired) electrons. The highest BCUT2D eigenvalue weighted by atomic mass is 16.6. The van der Waals surface area contributed by atoms with Gasteiger partial charge in [-0.05, 0) is 19.8 Å². The summed E-state index contributed by atoms with van der Waals surface area (Å²) in [5.41, 5.74) is 0.304. The smallest absolute Gasteiger partial charge is 0.409 e. The number of amides is 2. The average molecular weight is 333 g/mol. The monoisotopic (exact) mass is 333 g/mol. The maximum absolute atomic E-state index is 11.9. The van der Waals surface area contributed by atoms with Crippen molar-refractivity contribution < 1.29 is 14.3 Å². The fourth-order valence-corrected chi connectivity index (χ4v) is 2.45. The zero-order valence-corrected chi connectivity index (χ0v) is 13.8. The molecule has 1 saturated heterocycles. The molecule has 24 heavy (non-hydrogen) atoms. The Bertz CT molecular complexity index is 585. The highest BCUT2D eigenvalue weighted by molar-refractivity contribution is 5.92. The summed E-state index contributed by atoms with van der Waals surface area (Å²) in [4.78, 5) is 33.4. The standard InChI is InChI=1S/C16H23N5O3/c1-3-7-17-15(22)13-10-14(19-11-18-13)20-12-5-8-21(9-6-12)16(23)24-4-2/h3,10-12H,1,4-9H2,2H3,(H,17,22)(H,18,19,20). The quantitative estimate of drug-likeness (QED) is 0.765. The first-order valence-electron chi connectivity index (χ1n) is 8.03. The molecular weight excluding hydrogens is 310 g/mol. The molecule has 0 aromatic carbocycles. The van der Waals surface area contributed by atoms with Crippen LogP contribution in [0.15, 0.2) is 25.0 Å². The van der Waals surface area contributed by atoms with Crippen molar-refractivity contribution in [1.29, 1.82) is 0 Å². The van der Waals surface area contributed by atoms with Crippen LogP contribution in [0.5, 0.6) is 0 Å². The molecule has 2 N–H and O–H groups in total. The number of ether oxygens (including phenoxy) is 1. The van der Waals surface area contributed by atoms with E-state index in [2.05, 4.69) is 27.2 Å². The van der Waals surface area contributed by atoms with E-state index in [0.717, 1.165) is 12.8 Å². The molecule has 1 aromatic heterocycles. The highest BCUT2D eigenvalue weighted by Crippen LogP contribution is 2.16. The second-order valence-corrected chi connectivity index (χ2v) is 5.39. The Kier molecular flexibility index (Phi) is 6.53. The number of aromatic nitrogens is 2. The number of likely N-dealkylation sites (tertiary alicyclic amines) is 1. The van der Waals surface area contributed by atoms with Gasteiger partial charge in [0.05, 0.1) is 6.61 Å². The number of carbonyl (C=O) groups excluding carboxylic acids is 2. The van der Waals surface area contributed by atoms with Crippen LogP contribution in [0.4, 0.5) is 10.6 Å². The summed E-state index contributed by atoms with van der Waals surface area (Å²) in [6.07, 6.45) is 4.29. The van der Waals surface area contributed by atoms with Gasteiger partial charge in [-0.25, -0.2) is 14.8 Å². The van der Waals surface area contributed by atoms with Gasteiger partial charge < -0.3 is 20.3 Å². The van der Waals surface area contributed by atoms with Crippen LogP contribution in [-0.4, -0.2) is 59.2 Å². The number of hydrogen-bond donors (Lipinski definition) is 2. The van der Waals surface area contributed by atoms with Gasteiger partial charge in [0.15, 0.2) is 0 Å². The second-order valence-electron chi connectivity index (χ2n) is 5.39. The number of nitrogens with one attached hydrogen (secondary N) is 2. The molecule has 2 amide bonds. The molecule has 0 aliphatic carbocycles. The minimum atomic E-state index is -0.266. The van der Waals surface area contributed by atoms with E-state index in [1.807, 2.05) is 0 Å². The van der Waals surface area contributed by atoms with Gasteiger partial charge in [-0.3, -0.25) is 4.79 Å². The van der Waals surface area contributed by atoms with E-state index in [0.29, 0.717) is 37.8 Å². The third-order valence-electron chi connectivity index (χ3n) is 3.68. The number of nitrogens with zero attached hydrogens (tertiary/aromatic N) is 3. The predicted octanol–water partition coefficient (Wildman–Crippen LogP) is 1.43. The summed E-state index contributed by atoms with van der Waals surface area (Å²) in [5, 5.41) is 5.97. The molecule has 0 unspecified atom stereocenters. The maximum atomic E-state index is 11.9. The summed E-state index contributed by atoms with van der Waals surface area (Å²) < 4.78 is 5.00. The number of piperidine rings is 1. The van der Waals surface area contributed by atoms with Crippen molar-refractivity contribution >= 4 is 17.8 Å². The van der Waals surface area contributed by atoms with Crippen LogP contribution in [0.3, 0.4) is 0 Å². The van der Waals surface area contributed by atoms with Crippen LogP contribution in [0.25, 0.3) is 0 Å². The molecule has 2 rings (SSSR count). The number of carbonyl (C=O) groups is 2. The lowest BCUT2D eigenvalue weighted by molar-refractivity contribution is 0.0950. The lowest BCUT2D eigenvalue weighted by atomic mass is 10.1. The highest BCUT2D eigenvalue weighted by Gasteiger charge is 2.23. The summed E-state index contributed by atoms with van der Waals surface area (Å²) in [6, 6.07) is 1.81. The van der Waals surface area contributed by atoms with Crippen molar-refractivity contribution in [3.63, 3.8) is 0 Å². The number of rotatable bonds is 6. The molecule has 1 aliphatic heterocycles. The van der Waals surface area contributed by atoms with Crippen LogP contribution >= 0.6 is 0 Å². The van der Waals surface area contributed by atoms with Crippen LogP contribution in [0.1, 0.15) is 30.3 Å². The van der Waals surface area contributed by atoms with Crippen molar-refractivity contribution in [2.24, 2.45) is 0 Å². The topological polar surface area (TPSA) is 96.5 Å². The van der Waals surface area contributed by atoms with Crippen molar-refractivity contribution in [3.8, 4) is 0 Å². The van der Waals surface area contributed by atoms with E-state index in [4.69, 9.17) is 4.74 Å². The van der Waals surface area contributed by atoms with Crippen molar-refractivity contribution in [3.05, 3.63) is 30.7 Å². The summed E-state index contributed by atoms with van der Waals surface area (Å²) in [6.45, 7) is 7.39. The molecule has 130 valence electrons. The lowest BCUT2D eigenvalue weighted by Crippen LogP contribution is -2.42. The molecule has 0 spiro atoms. The van der Waals surface area contributed by atoms with E-state index in [9.17, 15) is 9.59 Å². The Labute approximate surface area is 141 Å². The maximum Gasteiger partial charge on any atom is 0.409 e. The Morgan fingerprint density at radius 2 is 2.17 bits per heavy atom. The molecule has 0 saturated carbocycles. The molecule has 1 aromatic rings. The first-order chi connectivity index (χ1) is 11.6. The van der Waals surface area contributed by atoms with Crippen molar-refractivity contribution in [2.75, 3.05) is 31.6 Å². The van der Waals surface area contributed by atoms with Crippen molar-refractivity contribution in [1.82, 2.24) is 20.2 Å². The average Bonchev–Trinajstić information content (AvgIpc) is 2.60. The van der Waals surface area contributed by atoms with Gasteiger partial charge in [-0.2, -0.15) is 0 Å². The molecule has 0 atom stereocenters. The Morgan fingerprint density at radius 1 is 1.42 bits per heavy atom. The van der Waals surface area contributed by atoms with Gasteiger partial charge in [-0.1, -0.05) is 6.08 Å². The Morgan fingerprint density at radius 3 is 2.83 bits per heavy atom. The van der Waals surface area contributed by atoms with Gasteiger partial charge >= 0.3 is 6.09 Å². The third-order valence-corrected chi connectivity index (χ3v) is 3.68. The van der Waals surface area contributed by atoms with Crippen LogP contribution < -0.4 is 10.6 Å². The molecule has 8 heteroatoms.